The molecule has 5 heterocycles. The minimum atomic E-state index is -5.07. The number of nitrogens with one attached hydrogen (secondary N) is 4. The Balaban J connectivity index is 1.18. The van der Waals surface area contributed by atoms with Gasteiger partial charge in [-0.3, -0.25) is 18.9 Å². The Morgan fingerprint density at radius 1 is 1.08 bits per heavy atom. The predicted molar refractivity (Wildman–Crippen MR) is 204 cm³/mol. The summed E-state index contributed by atoms with van der Waals surface area (Å²) >= 11 is 1.21. The van der Waals surface area contributed by atoms with Crippen molar-refractivity contribution in [3.8, 4) is 11.1 Å². The van der Waals surface area contributed by atoms with Crippen LogP contribution in [-0.4, -0.2) is 60.1 Å². The SMILES string of the molecule is Cn1nc(NS(C)(=O)=O)c2cccc(-c3cc4sc(NCc5ncc[nH]5)nc4nc3[C@H](Cc3cc(F)cc(F)c3)NC(=O)Cn3nc(C(F)(F)F)c4c3C(F)(F)[C@@H]3C[C@H]43)c21. The topological polar surface area (TPSA) is 177 Å². The predicted octanol–water partition coefficient (Wildman–Crippen LogP) is 6.75. The summed E-state index contributed by atoms with van der Waals surface area (Å²) in [6.07, 6.45) is -1.38. The first-order chi connectivity index (χ1) is 28.3. The van der Waals surface area contributed by atoms with Crippen LogP contribution >= 0.6 is 11.3 Å². The van der Waals surface area contributed by atoms with Crippen molar-refractivity contribution in [2.75, 3.05) is 16.3 Å². The number of rotatable bonds is 12. The lowest BCUT2D eigenvalue weighted by Crippen LogP contribution is -2.35. The lowest BCUT2D eigenvalue weighted by atomic mass is 9.94. The first-order valence-corrected chi connectivity index (χ1v) is 20.8. The number of imidazole rings is 1. The van der Waals surface area contributed by atoms with Gasteiger partial charge in [0.25, 0.3) is 5.92 Å². The van der Waals surface area contributed by atoms with E-state index in [4.69, 9.17) is 4.98 Å². The van der Waals surface area contributed by atoms with E-state index in [-0.39, 0.29) is 42.1 Å². The molecule has 60 heavy (non-hydrogen) atoms. The van der Waals surface area contributed by atoms with Crippen LogP contribution in [0, 0.1) is 17.6 Å². The van der Waals surface area contributed by atoms with Crippen molar-refractivity contribution >= 4 is 59.5 Å². The Bertz CT molecular complexity index is 2940. The number of hydrogen-bond donors (Lipinski definition) is 4. The van der Waals surface area contributed by atoms with Crippen LogP contribution in [0.5, 0.6) is 0 Å². The fourth-order valence-corrected chi connectivity index (χ4v) is 9.29. The quantitative estimate of drug-likeness (QED) is 0.0968. The molecular formula is C37H30F7N11O3S2. The standard InChI is InChI=1S/C37H30F7N11O3S2/c1-54-30-19(4-3-5-20(30)33(52-54)53-60(2,57)58)21-13-25-34(50-35(59-25)47-14-26-45-6-7-46-26)49-29(21)24(10-16-8-17(38)11-18(39)9-16)48-27(56)15-55-32-28(31(51-55)37(42,43)44)22-12-23(22)36(32,40)41/h3-9,11,13,22-24H,10,12,14-15H2,1-2H3,(H,45,46)(H,48,56)(H,52,53)(H,47,49,50)/t22-,23+,24-/m0/s1. The molecule has 0 unspecified atom stereocenters. The van der Waals surface area contributed by atoms with E-state index in [1.165, 1.54) is 16.0 Å². The van der Waals surface area contributed by atoms with E-state index in [1.807, 2.05) is 0 Å². The summed E-state index contributed by atoms with van der Waals surface area (Å²) < 4.78 is 132. The van der Waals surface area contributed by atoms with Crippen molar-refractivity contribution in [1.29, 1.82) is 0 Å². The number of halogens is 7. The van der Waals surface area contributed by atoms with Crippen LogP contribution in [0.25, 0.3) is 32.4 Å². The third-order valence-corrected chi connectivity index (χ3v) is 11.8. The first-order valence-electron chi connectivity index (χ1n) is 18.1. The van der Waals surface area contributed by atoms with Crippen LogP contribution in [0.2, 0.25) is 0 Å². The molecule has 2 aliphatic carbocycles. The third-order valence-electron chi connectivity index (χ3n) is 10.3. The molecule has 9 rings (SSSR count). The van der Waals surface area contributed by atoms with Crippen LogP contribution in [0.15, 0.2) is 54.9 Å². The largest absolute Gasteiger partial charge is 0.435 e. The number of carbonyl (C=O) groups excluding carboxylic acids is 1. The number of nitrogens with zero attached hydrogens (tertiary/aromatic N) is 7. The summed E-state index contributed by atoms with van der Waals surface area (Å²) in [6.45, 7) is -0.803. The molecule has 0 spiro atoms. The number of hydrogen-bond acceptors (Lipinski definition) is 10. The van der Waals surface area contributed by atoms with E-state index in [2.05, 4.69) is 40.5 Å². The van der Waals surface area contributed by atoms with E-state index < -0.39 is 81.0 Å². The highest BCUT2D eigenvalue weighted by Crippen LogP contribution is 2.68. The molecule has 14 nitrogen and oxygen atoms in total. The fourth-order valence-electron chi connectivity index (χ4n) is 7.94. The van der Waals surface area contributed by atoms with Gasteiger partial charge in [0.15, 0.2) is 22.3 Å². The number of H-pyrrole nitrogens is 1. The minimum Gasteiger partial charge on any atom is -0.354 e. The molecule has 0 aliphatic heterocycles. The fraction of sp³-hybridized carbons (Fsp3) is 0.297. The number of sulfonamides is 1. The van der Waals surface area contributed by atoms with Crippen LogP contribution in [0.1, 0.15) is 52.4 Å². The number of pyridine rings is 1. The molecule has 0 bridgehead atoms. The highest BCUT2D eigenvalue weighted by molar-refractivity contribution is 7.92. The molecule has 312 valence electrons. The normalized spacial score (nSPS) is 17.5. The molecule has 1 saturated carbocycles. The number of fused-ring (bicyclic) bond motifs is 5. The van der Waals surface area contributed by atoms with Crippen molar-refractivity contribution in [3.05, 3.63) is 101 Å². The second-order valence-electron chi connectivity index (χ2n) is 14.6. The number of thiazole rings is 1. The molecule has 3 atom stereocenters. The summed E-state index contributed by atoms with van der Waals surface area (Å²) in [6, 6.07) is 7.98. The van der Waals surface area contributed by atoms with Crippen LogP contribution < -0.4 is 15.4 Å². The second kappa shape index (κ2) is 14.0. The Kier molecular flexibility index (Phi) is 9.18. The number of aromatic nitrogens is 8. The highest BCUT2D eigenvalue weighted by atomic mass is 32.2. The summed E-state index contributed by atoms with van der Waals surface area (Å²) in [4.78, 5) is 30.6. The molecule has 1 amide bonds. The smallest absolute Gasteiger partial charge is 0.354 e. The number of para-hydroxylation sites is 1. The summed E-state index contributed by atoms with van der Waals surface area (Å²) in [5.41, 5.74) is -1.69. The summed E-state index contributed by atoms with van der Waals surface area (Å²) in [7, 11) is -2.22. The first kappa shape index (κ1) is 39.4. The number of aromatic amines is 1. The van der Waals surface area contributed by atoms with Gasteiger partial charge in [-0.15, -0.1) is 0 Å². The molecule has 4 N–H and O–H groups in total. The molecule has 5 aromatic heterocycles. The number of benzene rings is 2. The summed E-state index contributed by atoms with van der Waals surface area (Å²) in [5, 5.41) is 14.5. The van der Waals surface area contributed by atoms with Gasteiger partial charge in [0, 0.05) is 53.5 Å². The maximum atomic E-state index is 15.5. The van der Waals surface area contributed by atoms with Crippen LogP contribution in [-0.2, 0) is 53.5 Å². The van der Waals surface area contributed by atoms with E-state index >= 15 is 8.78 Å². The van der Waals surface area contributed by atoms with Gasteiger partial charge >= 0.3 is 6.18 Å². The van der Waals surface area contributed by atoms with Crippen molar-refractivity contribution in [2.24, 2.45) is 13.0 Å². The lowest BCUT2D eigenvalue weighted by molar-refractivity contribution is -0.142. The zero-order valence-electron chi connectivity index (χ0n) is 31.1. The maximum Gasteiger partial charge on any atom is 0.435 e. The average molecular weight is 874 g/mol. The van der Waals surface area contributed by atoms with Gasteiger partial charge in [-0.25, -0.2) is 32.2 Å². The van der Waals surface area contributed by atoms with Crippen molar-refractivity contribution in [3.63, 3.8) is 0 Å². The highest BCUT2D eigenvalue weighted by Gasteiger charge is 2.68. The van der Waals surface area contributed by atoms with Gasteiger partial charge in [-0.1, -0.05) is 23.5 Å². The van der Waals surface area contributed by atoms with Gasteiger partial charge < -0.3 is 15.6 Å². The summed E-state index contributed by atoms with van der Waals surface area (Å²) in [5.74, 6) is -8.38. The van der Waals surface area contributed by atoms with E-state index in [9.17, 15) is 35.2 Å². The third kappa shape index (κ3) is 7.17. The molecule has 0 saturated heterocycles. The van der Waals surface area contributed by atoms with Crippen molar-refractivity contribution in [2.45, 2.75) is 50.0 Å². The zero-order valence-corrected chi connectivity index (χ0v) is 32.7. The van der Waals surface area contributed by atoms with Crippen molar-refractivity contribution in [1.82, 2.24) is 44.8 Å². The number of carbonyl (C=O) groups is 1. The number of anilines is 2. The van der Waals surface area contributed by atoms with E-state index in [0.29, 0.717) is 48.4 Å². The second-order valence-corrected chi connectivity index (χ2v) is 17.4. The lowest BCUT2D eigenvalue weighted by Gasteiger charge is -2.23. The van der Waals surface area contributed by atoms with Crippen molar-refractivity contribution < 1.29 is 43.9 Å². The Labute approximate surface area is 338 Å². The van der Waals surface area contributed by atoms with Gasteiger partial charge in [0.1, 0.15) is 29.7 Å². The van der Waals surface area contributed by atoms with Gasteiger partial charge in [-0.05, 0) is 48.6 Å². The molecule has 2 aliphatic rings. The van der Waals surface area contributed by atoms with Gasteiger partial charge in [-0.2, -0.15) is 32.1 Å². The molecule has 23 heteroatoms. The van der Waals surface area contributed by atoms with E-state index in [0.717, 1.165) is 18.4 Å². The zero-order chi connectivity index (χ0) is 42.5. The van der Waals surface area contributed by atoms with Gasteiger partial charge in [0.2, 0.25) is 15.9 Å². The Morgan fingerprint density at radius 3 is 2.55 bits per heavy atom. The molecule has 7 aromatic rings. The molecule has 2 aromatic carbocycles. The maximum absolute atomic E-state index is 15.5. The number of aryl methyl sites for hydroxylation is 1. The van der Waals surface area contributed by atoms with Crippen LogP contribution in [0.4, 0.5) is 41.7 Å². The van der Waals surface area contributed by atoms with E-state index in [1.54, 1.807) is 43.7 Å². The minimum absolute atomic E-state index is 0.00847. The number of amides is 1. The van der Waals surface area contributed by atoms with Gasteiger partial charge in [0.05, 0.1) is 34.8 Å². The average Bonchev–Trinajstić information content (AvgIpc) is 3.53. The number of alkyl halides is 5. The Morgan fingerprint density at radius 2 is 1.85 bits per heavy atom. The molecule has 0 radical (unpaired) electrons. The molecular weight excluding hydrogens is 844 g/mol. The Hall–Kier alpha value is -6.10. The van der Waals surface area contributed by atoms with Crippen LogP contribution in [0.3, 0.4) is 0 Å². The monoisotopic (exact) mass is 873 g/mol. The molecule has 1 fully saturated rings.